The number of carbonyl (C=O) groups excluding carboxylic acids is 1. The fraction of sp³-hybridized carbons (Fsp3) is 0.909. The molecule has 0 aromatic heterocycles. The molecular formula is C11H22N2O. The van der Waals surface area contributed by atoms with Gasteiger partial charge in [-0.3, -0.25) is 4.79 Å². The fourth-order valence-electron chi connectivity index (χ4n) is 1.87. The summed E-state index contributed by atoms with van der Waals surface area (Å²) in [4.78, 5) is 13.7. The zero-order chi connectivity index (χ0) is 10.4. The van der Waals surface area contributed by atoms with Crippen LogP contribution in [0, 0.1) is 0 Å². The smallest absolute Gasteiger partial charge is 0.239 e. The van der Waals surface area contributed by atoms with Gasteiger partial charge in [-0.1, -0.05) is 19.8 Å². The van der Waals surface area contributed by atoms with Crippen molar-refractivity contribution < 1.29 is 4.79 Å². The van der Waals surface area contributed by atoms with Crippen LogP contribution in [-0.2, 0) is 4.79 Å². The van der Waals surface area contributed by atoms with E-state index >= 15 is 0 Å². The minimum atomic E-state index is 0.0987. The van der Waals surface area contributed by atoms with Crippen LogP contribution in [0.4, 0.5) is 0 Å². The lowest BCUT2D eigenvalue weighted by molar-refractivity contribution is -0.131. The van der Waals surface area contributed by atoms with Gasteiger partial charge in [-0.05, 0) is 25.8 Å². The summed E-state index contributed by atoms with van der Waals surface area (Å²) < 4.78 is 0. The average molecular weight is 198 g/mol. The first-order valence-electron chi connectivity index (χ1n) is 5.74. The predicted molar refractivity (Wildman–Crippen MR) is 58.2 cm³/mol. The van der Waals surface area contributed by atoms with Crippen LogP contribution < -0.4 is 5.32 Å². The number of nitrogens with one attached hydrogen (secondary N) is 1. The van der Waals surface area contributed by atoms with Gasteiger partial charge in [-0.15, -0.1) is 0 Å². The predicted octanol–water partition coefficient (Wildman–Crippen LogP) is 1.39. The molecule has 1 fully saturated rings. The number of nitrogens with zero attached hydrogens (tertiary/aromatic N) is 1. The minimum absolute atomic E-state index is 0.0987. The molecule has 1 atom stereocenters. The molecule has 1 amide bonds. The lowest BCUT2D eigenvalue weighted by Crippen LogP contribution is -2.41. The third-order valence-corrected chi connectivity index (χ3v) is 2.83. The number of rotatable bonds is 5. The molecule has 0 aromatic carbocycles. The summed E-state index contributed by atoms with van der Waals surface area (Å²) in [6.45, 7) is 4.09. The summed E-state index contributed by atoms with van der Waals surface area (Å²) in [5.74, 6) is 0.276. The van der Waals surface area contributed by atoms with Crippen molar-refractivity contribution in [3.63, 3.8) is 0 Å². The van der Waals surface area contributed by atoms with E-state index in [0.29, 0.717) is 0 Å². The summed E-state index contributed by atoms with van der Waals surface area (Å²) in [5.41, 5.74) is 0. The van der Waals surface area contributed by atoms with Crippen LogP contribution in [0.3, 0.4) is 0 Å². The quantitative estimate of drug-likeness (QED) is 0.677. The van der Waals surface area contributed by atoms with E-state index in [2.05, 4.69) is 12.2 Å². The minimum Gasteiger partial charge on any atom is -0.344 e. The van der Waals surface area contributed by atoms with Gasteiger partial charge >= 0.3 is 0 Å². The number of hydrogen-bond acceptors (Lipinski definition) is 2. The van der Waals surface area contributed by atoms with E-state index in [1.807, 2.05) is 11.9 Å². The van der Waals surface area contributed by atoms with E-state index in [-0.39, 0.29) is 11.9 Å². The molecule has 82 valence electrons. The van der Waals surface area contributed by atoms with Crippen LogP contribution in [0.25, 0.3) is 0 Å². The number of unbranched alkanes of at least 4 members (excludes halogenated alkanes) is 2. The van der Waals surface area contributed by atoms with Gasteiger partial charge in [0.15, 0.2) is 0 Å². The summed E-state index contributed by atoms with van der Waals surface area (Å²) in [6, 6.07) is 0.0987. The van der Waals surface area contributed by atoms with Crippen molar-refractivity contribution >= 4 is 5.91 Å². The molecule has 0 radical (unpaired) electrons. The maximum absolute atomic E-state index is 11.8. The van der Waals surface area contributed by atoms with Gasteiger partial charge in [0.25, 0.3) is 0 Å². The lowest BCUT2D eigenvalue weighted by Gasteiger charge is -2.20. The first kappa shape index (κ1) is 11.5. The van der Waals surface area contributed by atoms with Crippen LogP contribution >= 0.6 is 0 Å². The highest BCUT2D eigenvalue weighted by atomic mass is 16.2. The number of carbonyl (C=O) groups is 1. The van der Waals surface area contributed by atoms with Gasteiger partial charge < -0.3 is 10.2 Å². The second-order valence-corrected chi connectivity index (χ2v) is 4.12. The van der Waals surface area contributed by atoms with Crippen molar-refractivity contribution in [2.24, 2.45) is 0 Å². The molecule has 1 N–H and O–H groups in total. The number of likely N-dealkylation sites (N-methyl/N-ethyl adjacent to an activating group) is 1. The van der Waals surface area contributed by atoms with Gasteiger partial charge in [0.2, 0.25) is 5.91 Å². The van der Waals surface area contributed by atoms with E-state index in [0.717, 1.165) is 32.4 Å². The summed E-state index contributed by atoms with van der Waals surface area (Å²) >= 11 is 0. The van der Waals surface area contributed by atoms with E-state index in [4.69, 9.17) is 0 Å². The summed E-state index contributed by atoms with van der Waals surface area (Å²) in [5, 5.41) is 3.24. The second kappa shape index (κ2) is 6.02. The van der Waals surface area contributed by atoms with Crippen LogP contribution in [0.2, 0.25) is 0 Å². The van der Waals surface area contributed by atoms with Crippen molar-refractivity contribution in [3.8, 4) is 0 Å². The van der Waals surface area contributed by atoms with Crippen LogP contribution in [0.15, 0.2) is 0 Å². The van der Waals surface area contributed by atoms with Gasteiger partial charge in [0.1, 0.15) is 0 Å². The Hall–Kier alpha value is -0.570. The molecule has 0 bridgehead atoms. The third kappa shape index (κ3) is 3.29. The van der Waals surface area contributed by atoms with Gasteiger partial charge in [-0.2, -0.15) is 0 Å². The van der Waals surface area contributed by atoms with Gasteiger partial charge in [0, 0.05) is 13.6 Å². The number of hydrogen-bond donors (Lipinski definition) is 1. The van der Waals surface area contributed by atoms with Crippen molar-refractivity contribution in [3.05, 3.63) is 0 Å². The molecular weight excluding hydrogens is 176 g/mol. The largest absolute Gasteiger partial charge is 0.344 e. The maximum atomic E-state index is 11.8. The zero-order valence-electron chi connectivity index (χ0n) is 9.38. The monoisotopic (exact) mass is 198 g/mol. The van der Waals surface area contributed by atoms with Crippen molar-refractivity contribution in [1.82, 2.24) is 10.2 Å². The summed E-state index contributed by atoms with van der Waals surface area (Å²) in [6.07, 6.45) is 5.71. The van der Waals surface area contributed by atoms with E-state index < -0.39 is 0 Å². The van der Waals surface area contributed by atoms with Crippen molar-refractivity contribution in [1.29, 1.82) is 0 Å². The Balaban J connectivity index is 2.21. The summed E-state index contributed by atoms with van der Waals surface area (Å²) in [7, 11) is 1.91. The molecule has 1 saturated heterocycles. The molecule has 0 aliphatic carbocycles. The fourth-order valence-corrected chi connectivity index (χ4v) is 1.87. The molecule has 0 aromatic rings. The standard InChI is InChI=1S/C11H22N2O/c1-3-4-5-9-13(2)11(14)10-7-6-8-12-10/h10,12H,3-9H2,1-2H3/t10-/m1/s1. The molecule has 14 heavy (non-hydrogen) atoms. The normalized spacial score (nSPS) is 21.1. The number of amides is 1. The highest BCUT2D eigenvalue weighted by Gasteiger charge is 2.24. The molecule has 3 heteroatoms. The molecule has 1 aliphatic rings. The Labute approximate surface area is 86.9 Å². The molecule has 1 heterocycles. The first-order chi connectivity index (χ1) is 6.75. The highest BCUT2D eigenvalue weighted by molar-refractivity contribution is 5.81. The van der Waals surface area contributed by atoms with Crippen LogP contribution in [0.5, 0.6) is 0 Å². The van der Waals surface area contributed by atoms with E-state index in [9.17, 15) is 4.79 Å². The van der Waals surface area contributed by atoms with Crippen LogP contribution in [-0.4, -0.2) is 37.0 Å². The molecule has 1 rings (SSSR count). The SMILES string of the molecule is CCCCCN(C)C(=O)[C@H]1CCCN1. The van der Waals surface area contributed by atoms with Crippen LogP contribution in [0.1, 0.15) is 39.0 Å². The topological polar surface area (TPSA) is 32.3 Å². The molecule has 1 aliphatic heterocycles. The molecule has 0 unspecified atom stereocenters. The van der Waals surface area contributed by atoms with E-state index in [1.165, 1.54) is 12.8 Å². The lowest BCUT2D eigenvalue weighted by atomic mass is 10.2. The van der Waals surface area contributed by atoms with Crippen molar-refractivity contribution in [2.75, 3.05) is 20.1 Å². The molecule has 0 saturated carbocycles. The van der Waals surface area contributed by atoms with E-state index in [1.54, 1.807) is 0 Å². The average Bonchev–Trinajstić information content (AvgIpc) is 2.69. The highest BCUT2D eigenvalue weighted by Crippen LogP contribution is 2.08. The molecule has 0 spiro atoms. The maximum Gasteiger partial charge on any atom is 0.239 e. The Morgan fingerprint density at radius 1 is 1.50 bits per heavy atom. The Morgan fingerprint density at radius 2 is 2.29 bits per heavy atom. The van der Waals surface area contributed by atoms with Gasteiger partial charge in [0.05, 0.1) is 6.04 Å². The second-order valence-electron chi connectivity index (χ2n) is 4.12. The third-order valence-electron chi connectivity index (χ3n) is 2.83. The van der Waals surface area contributed by atoms with Crippen molar-refractivity contribution in [2.45, 2.75) is 45.1 Å². The first-order valence-corrected chi connectivity index (χ1v) is 5.74. The van der Waals surface area contributed by atoms with Gasteiger partial charge in [-0.25, -0.2) is 0 Å². The molecule has 3 nitrogen and oxygen atoms in total. The Morgan fingerprint density at radius 3 is 2.86 bits per heavy atom. The Bertz CT molecular complexity index is 176. The zero-order valence-corrected chi connectivity index (χ0v) is 9.38. The Kier molecular flexibility index (Phi) is 4.94.